The van der Waals surface area contributed by atoms with Crippen molar-refractivity contribution < 1.29 is 0 Å². The molecule has 2 aromatic heterocycles. The van der Waals surface area contributed by atoms with Gasteiger partial charge in [-0.05, 0) is 53.5 Å². The van der Waals surface area contributed by atoms with Gasteiger partial charge >= 0.3 is 0 Å². The lowest BCUT2D eigenvalue weighted by Gasteiger charge is -2.39. The summed E-state index contributed by atoms with van der Waals surface area (Å²) in [6.45, 7) is 7.42. The van der Waals surface area contributed by atoms with Gasteiger partial charge in [0.1, 0.15) is 5.82 Å². The Morgan fingerprint density at radius 1 is 0.867 bits per heavy atom. The second kappa shape index (κ2) is 8.79. The Morgan fingerprint density at radius 3 is 2.50 bits per heavy atom. The van der Waals surface area contributed by atoms with E-state index in [1.165, 1.54) is 12.8 Å². The number of pyridine rings is 1. The number of benzene rings is 1. The molecule has 0 amide bonds. The average Bonchev–Trinajstić information content (AvgIpc) is 3.31. The molecule has 1 atom stereocenters. The predicted octanol–water partition coefficient (Wildman–Crippen LogP) is 2.10. The fourth-order valence-corrected chi connectivity index (χ4v) is 4.58. The minimum absolute atomic E-state index is 0.640. The zero-order valence-electron chi connectivity index (χ0n) is 17.2. The van der Waals surface area contributed by atoms with Crippen molar-refractivity contribution in [2.45, 2.75) is 12.8 Å². The Balaban J connectivity index is 1.19. The summed E-state index contributed by atoms with van der Waals surface area (Å²) in [4.78, 5) is 11.8. The minimum Gasteiger partial charge on any atom is -0.354 e. The second-order valence-corrected chi connectivity index (χ2v) is 8.16. The number of hydrogen-bond donors (Lipinski definition) is 0. The standard InChI is InChI=1S/C22H28N8/c1-2-8-20(9-3-1)30-22(24-25-26-30)29-12-6-7-19(18-29)17-27-13-15-28(16-14-27)21-10-4-5-11-23-21/h1-5,8-11,19H,6-7,12-18H2. The summed E-state index contributed by atoms with van der Waals surface area (Å²) < 4.78 is 1.86. The third kappa shape index (κ3) is 4.14. The maximum absolute atomic E-state index is 4.49. The summed E-state index contributed by atoms with van der Waals surface area (Å²) in [5.74, 6) is 2.58. The van der Waals surface area contributed by atoms with Crippen molar-refractivity contribution in [2.24, 2.45) is 5.92 Å². The second-order valence-electron chi connectivity index (χ2n) is 8.16. The third-order valence-corrected chi connectivity index (χ3v) is 6.12. The van der Waals surface area contributed by atoms with Crippen molar-refractivity contribution in [1.82, 2.24) is 30.1 Å². The van der Waals surface area contributed by atoms with E-state index < -0.39 is 0 Å². The van der Waals surface area contributed by atoms with E-state index >= 15 is 0 Å². The number of anilines is 2. The maximum atomic E-state index is 4.49. The summed E-state index contributed by atoms with van der Waals surface area (Å²) in [7, 11) is 0. The fourth-order valence-electron chi connectivity index (χ4n) is 4.58. The van der Waals surface area contributed by atoms with E-state index in [2.05, 4.69) is 47.3 Å². The first-order chi connectivity index (χ1) is 14.9. The monoisotopic (exact) mass is 404 g/mol. The summed E-state index contributed by atoms with van der Waals surface area (Å²) in [5.41, 5.74) is 1.00. The first kappa shape index (κ1) is 19.0. The lowest BCUT2D eigenvalue weighted by atomic mass is 9.97. The van der Waals surface area contributed by atoms with E-state index in [0.717, 1.165) is 63.3 Å². The smallest absolute Gasteiger partial charge is 0.250 e. The molecule has 1 unspecified atom stereocenters. The summed E-state index contributed by atoms with van der Waals surface area (Å²) >= 11 is 0. The predicted molar refractivity (Wildman–Crippen MR) is 117 cm³/mol. The maximum Gasteiger partial charge on any atom is 0.250 e. The van der Waals surface area contributed by atoms with E-state index in [-0.39, 0.29) is 0 Å². The van der Waals surface area contributed by atoms with Gasteiger partial charge in [0, 0.05) is 52.0 Å². The number of piperidine rings is 1. The van der Waals surface area contributed by atoms with Crippen molar-refractivity contribution in [2.75, 3.05) is 55.6 Å². The lowest BCUT2D eigenvalue weighted by Crippen LogP contribution is -2.50. The van der Waals surface area contributed by atoms with Crippen molar-refractivity contribution in [3.8, 4) is 5.69 Å². The van der Waals surface area contributed by atoms with Crippen molar-refractivity contribution in [3.63, 3.8) is 0 Å². The Hall–Kier alpha value is -3.00. The Labute approximate surface area is 177 Å². The van der Waals surface area contributed by atoms with E-state index in [1.807, 2.05) is 47.3 Å². The van der Waals surface area contributed by atoms with Crippen LogP contribution in [0.2, 0.25) is 0 Å². The van der Waals surface area contributed by atoms with Gasteiger partial charge in [0.25, 0.3) is 0 Å². The van der Waals surface area contributed by atoms with Crippen LogP contribution in [-0.2, 0) is 0 Å². The Kier molecular flexibility index (Phi) is 5.56. The first-order valence-corrected chi connectivity index (χ1v) is 10.8. The molecule has 8 nitrogen and oxygen atoms in total. The van der Waals surface area contributed by atoms with Crippen molar-refractivity contribution in [1.29, 1.82) is 0 Å². The number of nitrogens with zero attached hydrogens (tertiary/aromatic N) is 8. The van der Waals surface area contributed by atoms with Crippen LogP contribution >= 0.6 is 0 Å². The molecule has 0 N–H and O–H groups in total. The molecular weight excluding hydrogens is 376 g/mol. The third-order valence-electron chi connectivity index (χ3n) is 6.12. The van der Waals surface area contributed by atoms with E-state index in [4.69, 9.17) is 0 Å². The summed E-state index contributed by atoms with van der Waals surface area (Å²) in [6.07, 6.45) is 4.32. The molecule has 3 aromatic rings. The van der Waals surface area contributed by atoms with Crippen LogP contribution in [0.5, 0.6) is 0 Å². The highest BCUT2D eigenvalue weighted by atomic mass is 15.6. The average molecular weight is 405 g/mol. The minimum atomic E-state index is 0.640. The van der Waals surface area contributed by atoms with Gasteiger partial charge in [-0.15, -0.1) is 0 Å². The molecule has 1 aromatic carbocycles. The van der Waals surface area contributed by atoms with Gasteiger partial charge in [0.2, 0.25) is 5.95 Å². The Bertz CT molecular complexity index is 921. The molecule has 8 heteroatoms. The number of para-hydroxylation sites is 1. The van der Waals surface area contributed by atoms with Crippen LogP contribution in [0.3, 0.4) is 0 Å². The van der Waals surface area contributed by atoms with Crippen LogP contribution in [0.15, 0.2) is 54.7 Å². The molecule has 156 valence electrons. The number of hydrogen-bond acceptors (Lipinski definition) is 7. The van der Waals surface area contributed by atoms with Gasteiger partial charge in [-0.3, -0.25) is 4.90 Å². The molecule has 2 aliphatic heterocycles. The topological polar surface area (TPSA) is 66.2 Å². The van der Waals surface area contributed by atoms with Crippen LogP contribution in [0.1, 0.15) is 12.8 Å². The van der Waals surface area contributed by atoms with Gasteiger partial charge in [-0.25, -0.2) is 4.98 Å². The largest absolute Gasteiger partial charge is 0.354 e. The molecule has 4 heterocycles. The quantitative estimate of drug-likeness (QED) is 0.645. The lowest BCUT2D eigenvalue weighted by molar-refractivity contribution is 0.205. The molecular formula is C22H28N8. The number of aromatic nitrogens is 5. The van der Waals surface area contributed by atoms with E-state index in [1.54, 1.807) is 0 Å². The van der Waals surface area contributed by atoms with Crippen LogP contribution in [0.4, 0.5) is 11.8 Å². The number of piperazine rings is 1. The van der Waals surface area contributed by atoms with Gasteiger partial charge in [-0.2, -0.15) is 4.68 Å². The van der Waals surface area contributed by atoms with Gasteiger partial charge in [0.15, 0.2) is 0 Å². The molecule has 5 rings (SSSR count). The molecule has 0 bridgehead atoms. The SMILES string of the molecule is c1ccc(-n2nnnc2N2CCCC(CN3CCN(c4ccccn4)CC3)C2)cc1. The molecule has 0 saturated carbocycles. The first-order valence-electron chi connectivity index (χ1n) is 10.8. The molecule has 2 aliphatic rings. The number of tetrazole rings is 1. The van der Waals surface area contributed by atoms with E-state index in [0.29, 0.717) is 5.92 Å². The molecule has 30 heavy (non-hydrogen) atoms. The normalized spacial score (nSPS) is 20.5. The Morgan fingerprint density at radius 2 is 1.70 bits per heavy atom. The van der Waals surface area contributed by atoms with Gasteiger partial charge in [0.05, 0.1) is 5.69 Å². The molecule has 0 radical (unpaired) electrons. The van der Waals surface area contributed by atoms with Crippen LogP contribution in [0, 0.1) is 5.92 Å². The zero-order chi connectivity index (χ0) is 20.2. The van der Waals surface area contributed by atoms with Crippen LogP contribution in [-0.4, -0.2) is 75.9 Å². The highest BCUT2D eigenvalue weighted by Gasteiger charge is 2.27. The van der Waals surface area contributed by atoms with E-state index in [9.17, 15) is 0 Å². The molecule has 0 spiro atoms. The zero-order valence-corrected chi connectivity index (χ0v) is 17.2. The highest BCUT2D eigenvalue weighted by molar-refractivity contribution is 5.41. The summed E-state index contributed by atoms with van der Waals surface area (Å²) in [5, 5.41) is 12.5. The van der Waals surface area contributed by atoms with Gasteiger partial charge < -0.3 is 9.80 Å². The van der Waals surface area contributed by atoms with Crippen molar-refractivity contribution >= 4 is 11.8 Å². The molecule has 2 fully saturated rings. The van der Waals surface area contributed by atoms with Gasteiger partial charge in [-0.1, -0.05) is 29.4 Å². The fraction of sp³-hybridized carbons (Fsp3) is 0.455. The van der Waals surface area contributed by atoms with Crippen LogP contribution in [0.25, 0.3) is 5.69 Å². The van der Waals surface area contributed by atoms with Crippen LogP contribution < -0.4 is 9.80 Å². The number of rotatable bonds is 5. The highest BCUT2D eigenvalue weighted by Crippen LogP contribution is 2.24. The summed E-state index contributed by atoms with van der Waals surface area (Å²) in [6, 6.07) is 16.3. The molecule has 0 aliphatic carbocycles. The van der Waals surface area contributed by atoms with Crippen molar-refractivity contribution in [3.05, 3.63) is 54.7 Å². The molecule has 2 saturated heterocycles.